The molecule has 12 heteroatoms. The summed E-state index contributed by atoms with van der Waals surface area (Å²) in [5, 5.41) is 15.9. The lowest BCUT2D eigenvalue weighted by molar-refractivity contribution is 0.103. The molecule has 2 aromatic heterocycles. The van der Waals surface area contributed by atoms with Crippen LogP contribution in [0.1, 0.15) is 46.2 Å². The molecule has 1 saturated heterocycles. The lowest BCUT2D eigenvalue weighted by atomic mass is 10.2. The molecule has 0 spiro atoms. The van der Waals surface area contributed by atoms with E-state index in [0.29, 0.717) is 45.0 Å². The van der Waals surface area contributed by atoms with Crippen LogP contribution in [0.5, 0.6) is 0 Å². The second-order valence-corrected chi connectivity index (χ2v) is 10.3. The number of aromatic nitrogens is 4. The molecule has 0 bridgehead atoms. The first-order chi connectivity index (χ1) is 17.5. The first-order valence-corrected chi connectivity index (χ1v) is 13.1. The normalized spacial score (nSPS) is 16.0. The van der Waals surface area contributed by atoms with Crippen LogP contribution < -0.4 is 15.5 Å². The maximum atomic E-state index is 12.8. The van der Waals surface area contributed by atoms with Crippen molar-refractivity contribution in [3.63, 3.8) is 0 Å². The van der Waals surface area contributed by atoms with E-state index < -0.39 is 0 Å². The van der Waals surface area contributed by atoms with Crippen molar-refractivity contribution in [2.24, 2.45) is 0 Å². The first kappa shape index (κ1) is 24.4. The molecular weight excluding hydrogens is 498 g/mol. The Labute approximate surface area is 218 Å². The number of carbonyl (C=O) groups excluding carboxylic acids is 1. The van der Waals surface area contributed by atoms with Crippen molar-refractivity contribution in [1.29, 1.82) is 5.26 Å². The van der Waals surface area contributed by atoms with E-state index in [0.717, 1.165) is 57.0 Å². The van der Waals surface area contributed by atoms with Crippen LogP contribution in [0.4, 0.5) is 22.7 Å². The lowest BCUT2D eigenvalue weighted by Crippen LogP contribution is -2.47. The number of anilines is 4. The molecule has 3 aromatic rings. The molecule has 1 aliphatic carbocycles. The van der Waals surface area contributed by atoms with Crippen molar-refractivity contribution in [2.45, 2.75) is 32.1 Å². The zero-order chi connectivity index (χ0) is 25.1. The molecule has 2 fully saturated rings. The molecule has 1 saturated carbocycles. The van der Waals surface area contributed by atoms with Gasteiger partial charge < -0.3 is 10.2 Å². The maximum Gasteiger partial charge on any atom is 0.267 e. The van der Waals surface area contributed by atoms with E-state index in [9.17, 15) is 4.79 Å². The Kier molecular flexibility index (Phi) is 7.27. The van der Waals surface area contributed by atoms with E-state index in [2.05, 4.69) is 41.5 Å². The van der Waals surface area contributed by atoms with Crippen molar-refractivity contribution < 1.29 is 4.79 Å². The van der Waals surface area contributed by atoms with Crippen LogP contribution in [0.3, 0.4) is 0 Å². The van der Waals surface area contributed by atoms with Crippen molar-refractivity contribution in [3.8, 4) is 6.07 Å². The summed E-state index contributed by atoms with van der Waals surface area (Å²) < 4.78 is 0. The van der Waals surface area contributed by atoms with E-state index in [4.69, 9.17) is 21.8 Å². The number of hydrogen-bond acceptors (Lipinski definition) is 10. The minimum absolute atomic E-state index is 0.277. The van der Waals surface area contributed by atoms with E-state index >= 15 is 0 Å². The summed E-state index contributed by atoms with van der Waals surface area (Å²) >= 11 is 7.47. The van der Waals surface area contributed by atoms with E-state index in [1.807, 2.05) is 19.1 Å². The largest absolute Gasteiger partial charge is 0.338 e. The van der Waals surface area contributed by atoms with Gasteiger partial charge in [-0.25, -0.2) is 4.98 Å². The van der Waals surface area contributed by atoms with Crippen LogP contribution in [0.2, 0.25) is 5.02 Å². The SMILES string of the molecule is Cc1cccc(Cl)c1NC(=O)c1cnc(Nc2nc(C3CC3)nc(N3CCN(CCC#N)CC3)n2)s1. The number of amides is 1. The van der Waals surface area contributed by atoms with Crippen molar-refractivity contribution >= 4 is 51.6 Å². The van der Waals surface area contributed by atoms with Gasteiger partial charge in [-0.15, -0.1) is 0 Å². The fraction of sp³-hybridized carbons (Fsp3) is 0.417. The standard InChI is InChI=1S/C24H26ClN9OS/c1-15-4-2-5-17(25)19(15)28-21(35)18-14-27-24(36-18)32-22-29-20(16-6-7-16)30-23(31-22)34-12-10-33(11-13-34)9-3-8-26/h2,4-5,14,16H,3,6-7,9-13H2,1H3,(H,28,35)(H,27,29,30,31,32). The summed E-state index contributed by atoms with van der Waals surface area (Å²) in [7, 11) is 0. The number of carbonyl (C=O) groups is 1. The third kappa shape index (κ3) is 5.73. The van der Waals surface area contributed by atoms with Crippen molar-refractivity contribution in [1.82, 2.24) is 24.8 Å². The molecule has 2 N–H and O–H groups in total. The number of aryl methyl sites for hydroxylation is 1. The number of hydrogen-bond donors (Lipinski definition) is 2. The smallest absolute Gasteiger partial charge is 0.267 e. The average molecular weight is 524 g/mol. The third-order valence-electron chi connectivity index (χ3n) is 6.19. The zero-order valence-corrected chi connectivity index (χ0v) is 21.4. The Bertz CT molecular complexity index is 1270. The monoisotopic (exact) mass is 523 g/mol. The summed E-state index contributed by atoms with van der Waals surface area (Å²) in [5.74, 6) is 1.95. The van der Waals surface area contributed by atoms with Gasteiger partial charge in [0.2, 0.25) is 11.9 Å². The molecular formula is C24H26ClN9OS. The molecule has 1 amide bonds. The van der Waals surface area contributed by atoms with Crippen molar-refractivity contribution in [2.75, 3.05) is 48.3 Å². The summed E-state index contributed by atoms with van der Waals surface area (Å²) in [5.41, 5.74) is 1.48. The average Bonchev–Trinajstić information content (AvgIpc) is 3.64. The fourth-order valence-electron chi connectivity index (χ4n) is 3.98. The number of piperazine rings is 1. The highest BCUT2D eigenvalue weighted by Gasteiger charge is 2.29. The van der Waals surface area contributed by atoms with Gasteiger partial charge in [0.05, 0.1) is 23.0 Å². The fourth-order valence-corrected chi connectivity index (χ4v) is 4.95. The summed E-state index contributed by atoms with van der Waals surface area (Å²) in [6.45, 7) is 6.00. The topological polar surface area (TPSA) is 123 Å². The van der Waals surface area contributed by atoms with Crippen molar-refractivity contribution in [3.05, 3.63) is 45.7 Å². The van der Waals surface area contributed by atoms with Gasteiger partial charge in [0.15, 0.2) is 5.13 Å². The van der Waals surface area contributed by atoms with Crippen LogP contribution in [-0.4, -0.2) is 63.5 Å². The molecule has 0 unspecified atom stereocenters. The second-order valence-electron chi connectivity index (χ2n) is 8.87. The number of nitriles is 1. The number of rotatable bonds is 8. The number of thiazole rings is 1. The number of para-hydroxylation sites is 1. The Morgan fingerprint density at radius 3 is 2.75 bits per heavy atom. The minimum Gasteiger partial charge on any atom is -0.338 e. The van der Waals surface area contributed by atoms with Crippen LogP contribution in [0, 0.1) is 18.3 Å². The van der Waals surface area contributed by atoms with E-state index in [-0.39, 0.29) is 5.91 Å². The van der Waals surface area contributed by atoms with Gasteiger partial charge in [0.25, 0.3) is 5.91 Å². The van der Waals surface area contributed by atoms with E-state index in [1.165, 1.54) is 17.5 Å². The molecule has 1 aliphatic heterocycles. The minimum atomic E-state index is -0.277. The first-order valence-electron chi connectivity index (χ1n) is 11.9. The van der Waals surface area contributed by atoms with Crippen LogP contribution in [0.25, 0.3) is 0 Å². The second kappa shape index (κ2) is 10.7. The van der Waals surface area contributed by atoms with Gasteiger partial charge >= 0.3 is 0 Å². The Balaban J connectivity index is 1.29. The molecule has 36 heavy (non-hydrogen) atoms. The molecule has 5 rings (SSSR count). The molecule has 186 valence electrons. The number of nitrogens with one attached hydrogen (secondary N) is 2. The van der Waals surface area contributed by atoms with Gasteiger partial charge in [-0.1, -0.05) is 35.1 Å². The highest BCUT2D eigenvalue weighted by molar-refractivity contribution is 7.17. The van der Waals surface area contributed by atoms with Gasteiger partial charge in [0, 0.05) is 45.1 Å². The number of benzene rings is 1. The summed E-state index contributed by atoms with van der Waals surface area (Å²) in [6, 6.07) is 7.69. The number of nitrogens with zero attached hydrogens (tertiary/aromatic N) is 7. The number of halogens is 1. The zero-order valence-electron chi connectivity index (χ0n) is 19.9. The van der Waals surface area contributed by atoms with Gasteiger partial charge in [-0.3, -0.25) is 15.0 Å². The predicted molar refractivity (Wildman–Crippen MR) is 140 cm³/mol. The van der Waals surface area contributed by atoms with Gasteiger partial charge in [-0.05, 0) is 31.4 Å². The van der Waals surface area contributed by atoms with Crippen LogP contribution in [-0.2, 0) is 0 Å². The Hall–Kier alpha value is -3.33. The molecule has 3 heterocycles. The van der Waals surface area contributed by atoms with Crippen LogP contribution in [0.15, 0.2) is 24.4 Å². The summed E-state index contributed by atoms with van der Waals surface area (Å²) in [4.78, 5) is 36.1. The lowest BCUT2D eigenvalue weighted by Gasteiger charge is -2.34. The van der Waals surface area contributed by atoms with Crippen LogP contribution >= 0.6 is 22.9 Å². The third-order valence-corrected chi connectivity index (χ3v) is 7.41. The van der Waals surface area contributed by atoms with E-state index in [1.54, 1.807) is 6.07 Å². The Morgan fingerprint density at radius 1 is 1.22 bits per heavy atom. The molecule has 10 nitrogen and oxygen atoms in total. The maximum absolute atomic E-state index is 12.8. The molecule has 0 radical (unpaired) electrons. The highest BCUT2D eigenvalue weighted by Crippen LogP contribution is 2.39. The molecule has 1 aromatic carbocycles. The molecule has 0 atom stereocenters. The van der Waals surface area contributed by atoms with Gasteiger partial charge in [-0.2, -0.15) is 20.2 Å². The highest BCUT2D eigenvalue weighted by atomic mass is 35.5. The summed E-state index contributed by atoms with van der Waals surface area (Å²) in [6.07, 6.45) is 4.22. The van der Waals surface area contributed by atoms with Gasteiger partial charge in [0.1, 0.15) is 10.7 Å². The quantitative estimate of drug-likeness (QED) is 0.447. The predicted octanol–water partition coefficient (Wildman–Crippen LogP) is 4.20. The molecule has 2 aliphatic rings. The Morgan fingerprint density at radius 2 is 2.03 bits per heavy atom.